The van der Waals surface area contributed by atoms with Gasteiger partial charge in [0.25, 0.3) is 0 Å². The van der Waals surface area contributed by atoms with E-state index in [1.807, 2.05) is 30.3 Å². The molecule has 0 radical (unpaired) electrons. The number of aliphatic carboxylic acids is 1. The number of hydrogen-bond acceptors (Lipinski definition) is 3. The second-order valence-electron chi connectivity index (χ2n) is 4.72. The summed E-state index contributed by atoms with van der Waals surface area (Å²) >= 11 is 0. The Hall–Kier alpha value is -1.88. The predicted octanol–water partition coefficient (Wildman–Crippen LogP) is 0.934. The molecule has 1 atom stereocenters. The van der Waals surface area contributed by atoms with E-state index in [2.05, 4.69) is 5.32 Å². The van der Waals surface area contributed by atoms with E-state index in [0.717, 1.165) is 18.4 Å². The molecular formula is C14H17NO4. The number of ether oxygens (including phenoxy) is 1. The van der Waals surface area contributed by atoms with Crippen LogP contribution in [0.15, 0.2) is 30.3 Å². The van der Waals surface area contributed by atoms with Gasteiger partial charge in [0, 0.05) is 7.11 Å². The topological polar surface area (TPSA) is 75.6 Å². The van der Waals surface area contributed by atoms with Gasteiger partial charge in [-0.05, 0) is 18.4 Å². The summed E-state index contributed by atoms with van der Waals surface area (Å²) in [6, 6.07) is 9.56. The molecule has 0 bridgehead atoms. The maximum Gasteiger partial charge on any atom is 0.334 e. The number of amides is 1. The summed E-state index contributed by atoms with van der Waals surface area (Å²) in [4.78, 5) is 23.0. The summed E-state index contributed by atoms with van der Waals surface area (Å²) in [5.74, 6) is -1.20. The van der Waals surface area contributed by atoms with Crippen LogP contribution in [0.4, 0.5) is 0 Å². The lowest BCUT2D eigenvalue weighted by atomic mass is 9.95. The van der Waals surface area contributed by atoms with Crippen LogP contribution < -0.4 is 5.32 Å². The van der Waals surface area contributed by atoms with E-state index in [9.17, 15) is 9.59 Å². The quantitative estimate of drug-likeness (QED) is 0.800. The SMILES string of the molecule is COC(CNC(=O)C1(c2ccccc2)CC1)C(=O)O. The van der Waals surface area contributed by atoms with Gasteiger partial charge in [-0.2, -0.15) is 0 Å². The Morgan fingerprint density at radius 1 is 1.37 bits per heavy atom. The number of hydrogen-bond donors (Lipinski definition) is 2. The minimum absolute atomic E-state index is 0.0146. The Labute approximate surface area is 111 Å². The number of benzene rings is 1. The van der Waals surface area contributed by atoms with E-state index in [-0.39, 0.29) is 12.5 Å². The van der Waals surface area contributed by atoms with Crippen molar-refractivity contribution in [1.82, 2.24) is 5.32 Å². The minimum Gasteiger partial charge on any atom is -0.479 e. The summed E-state index contributed by atoms with van der Waals surface area (Å²) in [5, 5.41) is 11.5. The average Bonchev–Trinajstić information content (AvgIpc) is 3.21. The Bertz CT molecular complexity index is 468. The number of methoxy groups -OCH3 is 1. The zero-order valence-corrected chi connectivity index (χ0v) is 10.8. The zero-order chi connectivity index (χ0) is 13.9. The molecule has 2 N–H and O–H groups in total. The van der Waals surface area contributed by atoms with Crippen molar-refractivity contribution in [2.45, 2.75) is 24.4 Å². The molecule has 0 aliphatic heterocycles. The molecule has 1 saturated carbocycles. The first-order valence-corrected chi connectivity index (χ1v) is 6.19. The van der Waals surface area contributed by atoms with Gasteiger partial charge in [0.15, 0.2) is 6.10 Å². The monoisotopic (exact) mass is 263 g/mol. The summed E-state index contributed by atoms with van der Waals surface area (Å²) < 4.78 is 4.79. The molecule has 102 valence electrons. The molecule has 0 aromatic heterocycles. The molecule has 1 fully saturated rings. The fourth-order valence-electron chi connectivity index (χ4n) is 2.16. The van der Waals surface area contributed by atoms with E-state index in [1.54, 1.807) is 0 Å². The van der Waals surface area contributed by atoms with Crippen LogP contribution in [-0.4, -0.2) is 36.7 Å². The molecule has 19 heavy (non-hydrogen) atoms. The van der Waals surface area contributed by atoms with Crippen LogP contribution in [0.1, 0.15) is 18.4 Å². The maximum atomic E-state index is 12.2. The first-order chi connectivity index (χ1) is 9.10. The van der Waals surface area contributed by atoms with Gasteiger partial charge in [-0.3, -0.25) is 4.79 Å². The standard InChI is InChI=1S/C14H17NO4/c1-19-11(12(16)17)9-15-13(18)14(7-8-14)10-5-3-2-4-6-10/h2-6,11H,7-9H2,1H3,(H,15,18)(H,16,17). The van der Waals surface area contributed by atoms with Crippen molar-refractivity contribution < 1.29 is 19.4 Å². The third-order valence-corrected chi connectivity index (χ3v) is 3.52. The van der Waals surface area contributed by atoms with E-state index in [1.165, 1.54) is 7.11 Å². The van der Waals surface area contributed by atoms with Gasteiger partial charge in [0.1, 0.15) is 0 Å². The molecule has 1 aromatic rings. The molecule has 0 saturated heterocycles. The van der Waals surface area contributed by atoms with Crippen LogP contribution >= 0.6 is 0 Å². The largest absolute Gasteiger partial charge is 0.479 e. The lowest BCUT2D eigenvalue weighted by molar-refractivity contribution is -0.148. The fourth-order valence-corrected chi connectivity index (χ4v) is 2.16. The highest BCUT2D eigenvalue weighted by Gasteiger charge is 2.51. The van der Waals surface area contributed by atoms with Crippen LogP contribution in [0.2, 0.25) is 0 Å². The highest BCUT2D eigenvalue weighted by atomic mass is 16.5. The van der Waals surface area contributed by atoms with Crippen LogP contribution in [-0.2, 0) is 19.7 Å². The number of carbonyl (C=O) groups excluding carboxylic acids is 1. The first-order valence-electron chi connectivity index (χ1n) is 6.19. The van der Waals surface area contributed by atoms with Crippen molar-refractivity contribution in [2.75, 3.05) is 13.7 Å². The summed E-state index contributed by atoms with van der Waals surface area (Å²) in [7, 11) is 1.31. The van der Waals surface area contributed by atoms with E-state index < -0.39 is 17.5 Å². The number of nitrogens with one attached hydrogen (secondary N) is 1. The summed E-state index contributed by atoms with van der Waals surface area (Å²) in [6.45, 7) is -0.0146. The maximum absolute atomic E-state index is 12.2. The van der Waals surface area contributed by atoms with Crippen molar-refractivity contribution >= 4 is 11.9 Å². The van der Waals surface area contributed by atoms with Crippen molar-refractivity contribution in [3.63, 3.8) is 0 Å². The highest BCUT2D eigenvalue weighted by Crippen LogP contribution is 2.48. The number of carbonyl (C=O) groups is 2. The van der Waals surface area contributed by atoms with Gasteiger partial charge < -0.3 is 15.2 Å². The molecule has 1 amide bonds. The fraction of sp³-hybridized carbons (Fsp3) is 0.429. The zero-order valence-electron chi connectivity index (χ0n) is 10.8. The normalized spacial score (nSPS) is 17.5. The molecule has 1 aliphatic rings. The van der Waals surface area contributed by atoms with Crippen LogP contribution in [0, 0.1) is 0 Å². The lowest BCUT2D eigenvalue weighted by Crippen LogP contribution is -2.42. The Morgan fingerprint density at radius 3 is 2.47 bits per heavy atom. The van der Waals surface area contributed by atoms with Gasteiger partial charge in [-0.25, -0.2) is 4.79 Å². The Kier molecular flexibility index (Phi) is 3.85. The smallest absolute Gasteiger partial charge is 0.334 e. The van der Waals surface area contributed by atoms with Crippen molar-refractivity contribution in [2.24, 2.45) is 0 Å². The Balaban J connectivity index is 1.99. The molecule has 2 rings (SSSR count). The minimum atomic E-state index is -1.08. The first kappa shape index (κ1) is 13.5. The molecule has 0 heterocycles. The number of carboxylic acids is 1. The molecule has 1 unspecified atom stereocenters. The van der Waals surface area contributed by atoms with Crippen molar-refractivity contribution in [3.8, 4) is 0 Å². The van der Waals surface area contributed by atoms with Gasteiger partial charge in [0.05, 0.1) is 12.0 Å². The number of carboxylic acid groups (broad SMARTS) is 1. The highest BCUT2D eigenvalue weighted by molar-refractivity contribution is 5.91. The van der Waals surface area contributed by atoms with Crippen LogP contribution in [0.3, 0.4) is 0 Å². The molecule has 5 heteroatoms. The predicted molar refractivity (Wildman–Crippen MR) is 68.8 cm³/mol. The molecule has 0 spiro atoms. The van der Waals surface area contributed by atoms with Crippen LogP contribution in [0.25, 0.3) is 0 Å². The van der Waals surface area contributed by atoms with Gasteiger partial charge in [0.2, 0.25) is 5.91 Å². The second-order valence-corrected chi connectivity index (χ2v) is 4.72. The third kappa shape index (κ3) is 2.76. The average molecular weight is 263 g/mol. The van der Waals surface area contributed by atoms with Crippen LogP contribution in [0.5, 0.6) is 0 Å². The van der Waals surface area contributed by atoms with Gasteiger partial charge in [-0.1, -0.05) is 30.3 Å². The van der Waals surface area contributed by atoms with E-state index in [0.29, 0.717) is 0 Å². The van der Waals surface area contributed by atoms with Crippen molar-refractivity contribution in [3.05, 3.63) is 35.9 Å². The third-order valence-electron chi connectivity index (χ3n) is 3.52. The summed E-state index contributed by atoms with van der Waals surface area (Å²) in [5.41, 5.74) is 0.509. The van der Waals surface area contributed by atoms with Gasteiger partial charge >= 0.3 is 5.97 Å². The van der Waals surface area contributed by atoms with Crippen molar-refractivity contribution in [1.29, 1.82) is 0 Å². The van der Waals surface area contributed by atoms with E-state index >= 15 is 0 Å². The number of rotatable bonds is 6. The second kappa shape index (κ2) is 5.40. The van der Waals surface area contributed by atoms with E-state index in [4.69, 9.17) is 9.84 Å². The summed E-state index contributed by atoms with van der Waals surface area (Å²) in [6.07, 6.45) is 0.594. The van der Waals surface area contributed by atoms with Gasteiger partial charge in [-0.15, -0.1) is 0 Å². The molecule has 5 nitrogen and oxygen atoms in total. The Morgan fingerprint density at radius 2 is 2.00 bits per heavy atom. The lowest BCUT2D eigenvalue weighted by Gasteiger charge is -2.17. The molecule has 1 aromatic carbocycles. The molecular weight excluding hydrogens is 246 g/mol. The molecule has 1 aliphatic carbocycles.